The van der Waals surface area contributed by atoms with E-state index in [-0.39, 0.29) is 12.2 Å². The summed E-state index contributed by atoms with van der Waals surface area (Å²) >= 11 is 0. The molecule has 2 aromatic heterocycles. The van der Waals surface area contributed by atoms with E-state index in [1.807, 2.05) is 18.3 Å². The predicted octanol–water partition coefficient (Wildman–Crippen LogP) is 3.79. The Morgan fingerprint density at radius 2 is 1.76 bits per heavy atom. The molecule has 0 atom stereocenters. The number of nitriles is 1. The first-order chi connectivity index (χ1) is 16.2. The lowest BCUT2D eigenvalue weighted by atomic mass is 9.83. The van der Waals surface area contributed by atoms with Gasteiger partial charge in [0.1, 0.15) is 6.10 Å². The Labute approximate surface area is 193 Å². The molecule has 8 nitrogen and oxygen atoms in total. The molecular weight excluding hydrogens is 416 g/mol. The van der Waals surface area contributed by atoms with Crippen LogP contribution in [0.4, 0.5) is 11.6 Å². The zero-order valence-electron chi connectivity index (χ0n) is 18.5. The number of hydrogen-bond donors (Lipinski definition) is 3. The highest BCUT2D eigenvalue weighted by atomic mass is 16.5. The second-order valence-electron chi connectivity index (χ2n) is 8.86. The van der Waals surface area contributed by atoms with E-state index in [2.05, 4.69) is 21.7 Å². The van der Waals surface area contributed by atoms with E-state index in [9.17, 15) is 5.11 Å². The Morgan fingerprint density at radius 1 is 1.00 bits per heavy atom. The fourth-order valence-electron chi connectivity index (χ4n) is 4.69. The van der Waals surface area contributed by atoms with Gasteiger partial charge in [0.25, 0.3) is 0 Å². The third-order valence-electron chi connectivity index (χ3n) is 6.58. The van der Waals surface area contributed by atoms with Gasteiger partial charge in [0.15, 0.2) is 0 Å². The van der Waals surface area contributed by atoms with Gasteiger partial charge in [0.05, 0.1) is 28.6 Å². The number of rotatable bonds is 5. The SMILES string of the molecule is N#Cc1ccc(Nc2ncc3c(OC4CCNCC4)ncc(C4CCC(O)CC4)c3n2)cc1. The van der Waals surface area contributed by atoms with Crippen LogP contribution in [0, 0.1) is 11.3 Å². The van der Waals surface area contributed by atoms with Crippen LogP contribution >= 0.6 is 0 Å². The maximum atomic E-state index is 9.96. The molecule has 1 aromatic carbocycles. The summed E-state index contributed by atoms with van der Waals surface area (Å²) in [5.41, 5.74) is 3.35. The molecule has 33 heavy (non-hydrogen) atoms. The summed E-state index contributed by atoms with van der Waals surface area (Å²) < 4.78 is 6.29. The van der Waals surface area contributed by atoms with Crippen molar-refractivity contribution >= 4 is 22.5 Å². The lowest BCUT2D eigenvalue weighted by molar-refractivity contribution is 0.122. The highest BCUT2D eigenvalue weighted by Crippen LogP contribution is 2.38. The van der Waals surface area contributed by atoms with Crippen molar-refractivity contribution in [2.45, 2.75) is 56.7 Å². The average Bonchev–Trinajstić information content (AvgIpc) is 2.86. The Kier molecular flexibility index (Phi) is 6.33. The van der Waals surface area contributed by atoms with Gasteiger partial charge in [-0.05, 0) is 81.8 Å². The van der Waals surface area contributed by atoms with Gasteiger partial charge in [0.2, 0.25) is 11.8 Å². The van der Waals surface area contributed by atoms with Gasteiger partial charge in [0, 0.05) is 23.6 Å². The van der Waals surface area contributed by atoms with E-state index >= 15 is 0 Å². The van der Waals surface area contributed by atoms with Crippen LogP contribution in [0.25, 0.3) is 10.9 Å². The summed E-state index contributed by atoms with van der Waals surface area (Å²) in [6, 6.07) is 9.33. The number of aliphatic hydroxyl groups is 1. The lowest BCUT2D eigenvalue weighted by Gasteiger charge is -2.27. The number of benzene rings is 1. The molecule has 0 radical (unpaired) electrons. The van der Waals surface area contributed by atoms with Crippen LogP contribution < -0.4 is 15.4 Å². The van der Waals surface area contributed by atoms with Crippen molar-refractivity contribution in [1.82, 2.24) is 20.3 Å². The normalized spacial score (nSPS) is 21.5. The van der Waals surface area contributed by atoms with Gasteiger partial charge in [-0.2, -0.15) is 5.26 Å². The highest BCUT2D eigenvalue weighted by Gasteiger charge is 2.25. The number of ether oxygens (including phenoxy) is 1. The van der Waals surface area contributed by atoms with Gasteiger partial charge < -0.3 is 20.5 Å². The summed E-state index contributed by atoms with van der Waals surface area (Å²) in [5.74, 6) is 1.37. The van der Waals surface area contributed by atoms with Gasteiger partial charge in [-0.15, -0.1) is 0 Å². The maximum absolute atomic E-state index is 9.96. The average molecular weight is 445 g/mol. The van der Waals surface area contributed by atoms with Crippen LogP contribution in [0.3, 0.4) is 0 Å². The molecule has 8 heteroatoms. The molecule has 1 saturated heterocycles. The second-order valence-corrected chi connectivity index (χ2v) is 8.86. The molecule has 3 aromatic rings. The van der Waals surface area contributed by atoms with Gasteiger partial charge in [-0.3, -0.25) is 0 Å². The van der Waals surface area contributed by atoms with Gasteiger partial charge in [-0.25, -0.2) is 15.0 Å². The molecule has 1 saturated carbocycles. The van der Waals surface area contributed by atoms with E-state index in [1.165, 1.54) is 0 Å². The molecule has 3 N–H and O–H groups in total. The number of nitrogens with zero attached hydrogens (tertiary/aromatic N) is 4. The Balaban J connectivity index is 1.49. The molecule has 1 aliphatic carbocycles. The molecule has 5 rings (SSSR count). The van der Waals surface area contributed by atoms with Crippen molar-refractivity contribution in [3.63, 3.8) is 0 Å². The number of aromatic nitrogens is 3. The first-order valence-corrected chi connectivity index (χ1v) is 11.7. The van der Waals surface area contributed by atoms with E-state index in [0.717, 1.165) is 73.8 Å². The number of piperidine rings is 1. The minimum Gasteiger partial charge on any atom is -0.474 e. The van der Waals surface area contributed by atoms with Crippen LogP contribution in [0.5, 0.6) is 5.88 Å². The van der Waals surface area contributed by atoms with E-state index in [1.54, 1.807) is 18.3 Å². The van der Waals surface area contributed by atoms with Crippen LogP contribution in [-0.2, 0) is 0 Å². The summed E-state index contributed by atoms with van der Waals surface area (Å²) in [6.45, 7) is 1.89. The smallest absolute Gasteiger partial charge is 0.227 e. The fourth-order valence-corrected chi connectivity index (χ4v) is 4.69. The summed E-state index contributed by atoms with van der Waals surface area (Å²) in [7, 11) is 0. The first-order valence-electron chi connectivity index (χ1n) is 11.7. The van der Waals surface area contributed by atoms with Crippen LogP contribution in [-0.4, -0.2) is 45.4 Å². The number of aliphatic hydroxyl groups excluding tert-OH is 1. The van der Waals surface area contributed by atoms with E-state index in [4.69, 9.17) is 20.0 Å². The van der Waals surface area contributed by atoms with Gasteiger partial charge >= 0.3 is 0 Å². The lowest BCUT2D eigenvalue weighted by Crippen LogP contribution is -2.34. The molecular formula is C25H28N6O2. The van der Waals surface area contributed by atoms with Crippen molar-refractivity contribution < 1.29 is 9.84 Å². The fraction of sp³-hybridized carbons (Fsp3) is 0.440. The van der Waals surface area contributed by atoms with Crippen molar-refractivity contribution in [2.24, 2.45) is 0 Å². The Bertz CT molecular complexity index is 1150. The first kappa shape index (κ1) is 21.6. The second kappa shape index (κ2) is 9.69. The quantitative estimate of drug-likeness (QED) is 0.544. The Hall–Kier alpha value is -3.28. The number of fused-ring (bicyclic) bond motifs is 1. The van der Waals surface area contributed by atoms with E-state index < -0.39 is 0 Å². The molecule has 0 spiro atoms. The zero-order chi connectivity index (χ0) is 22.6. The third kappa shape index (κ3) is 4.90. The summed E-state index contributed by atoms with van der Waals surface area (Å²) in [5, 5.41) is 26.4. The molecule has 2 aliphatic rings. The molecule has 0 unspecified atom stereocenters. The highest BCUT2D eigenvalue weighted by molar-refractivity contribution is 5.87. The van der Waals surface area contributed by atoms with Crippen LogP contribution in [0.1, 0.15) is 55.6 Å². The monoisotopic (exact) mass is 444 g/mol. The largest absolute Gasteiger partial charge is 0.474 e. The summed E-state index contributed by atoms with van der Waals surface area (Å²) in [6.07, 6.45) is 8.92. The van der Waals surface area contributed by atoms with Crippen molar-refractivity contribution in [2.75, 3.05) is 18.4 Å². The van der Waals surface area contributed by atoms with E-state index in [0.29, 0.717) is 23.3 Å². The number of pyridine rings is 1. The minimum atomic E-state index is -0.216. The van der Waals surface area contributed by atoms with Crippen LogP contribution in [0.15, 0.2) is 36.7 Å². The molecule has 0 amide bonds. The number of anilines is 2. The number of nitrogens with one attached hydrogen (secondary N) is 2. The zero-order valence-corrected chi connectivity index (χ0v) is 18.5. The topological polar surface area (TPSA) is 116 Å². The maximum Gasteiger partial charge on any atom is 0.227 e. The van der Waals surface area contributed by atoms with Crippen LogP contribution in [0.2, 0.25) is 0 Å². The predicted molar refractivity (Wildman–Crippen MR) is 126 cm³/mol. The molecule has 3 heterocycles. The standard InChI is InChI=1S/C25H28N6O2/c26-13-16-1-5-18(6-2-16)30-25-29-15-22-23(31-25)21(17-3-7-19(32)8-4-17)14-28-24(22)33-20-9-11-27-12-10-20/h1-2,5-6,14-15,17,19-20,27,32H,3-4,7-12H2,(H,29,30,31). The Morgan fingerprint density at radius 3 is 2.48 bits per heavy atom. The number of hydrogen-bond acceptors (Lipinski definition) is 8. The molecule has 1 aliphatic heterocycles. The van der Waals surface area contributed by atoms with Crippen molar-refractivity contribution in [1.29, 1.82) is 5.26 Å². The minimum absolute atomic E-state index is 0.133. The van der Waals surface area contributed by atoms with Crippen molar-refractivity contribution in [3.05, 3.63) is 47.8 Å². The third-order valence-corrected chi connectivity index (χ3v) is 6.58. The molecule has 0 bridgehead atoms. The molecule has 170 valence electrons. The van der Waals surface area contributed by atoms with Gasteiger partial charge in [-0.1, -0.05) is 0 Å². The van der Waals surface area contributed by atoms with Crippen molar-refractivity contribution in [3.8, 4) is 11.9 Å². The molecule has 2 fully saturated rings. The summed E-state index contributed by atoms with van der Waals surface area (Å²) in [4.78, 5) is 14.1.